The van der Waals surface area contributed by atoms with Crippen molar-refractivity contribution < 1.29 is 0 Å². The average Bonchev–Trinajstić information content (AvgIpc) is 2.92. The van der Waals surface area contributed by atoms with Crippen molar-refractivity contribution in [1.29, 1.82) is 0 Å². The molecule has 0 aliphatic carbocycles. The number of amidine groups is 1. The first-order valence-corrected chi connectivity index (χ1v) is 10.8. The molecule has 0 unspecified atom stereocenters. The summed E-state index contributed by atoms with van der Waals surface area (Å²) in [6, 6.07) is 0. The number of rotatable bonds is 4. The summed E-state index contributed by atoms with van der Waals surface area (Å²) < 4.78 is 4.64. The molecule has 0 atom stereocenters. The Morgan fingerprint density at radius 1 is 0.967 bits per heavy atom. The summed E-state index contributed by atoms with van der Waals surface area (Å²) in [5.74, 6) is 1.86. The van der Waals surface area contributed by atoms with Crippen LogP contribution in [0.5, 0.6) is 0 Å². The number of hydrogen-bond donors (Lipinski definition) is 1. The molecular weight excluding hydrogens is 406 g/mol. The van der Waals surface area contributed by atoms with Crippen LogP contribution in [0.15, 0.2) is 14.6 Å². The van der Waals surface area contributed by atoms with Gasteiger partial charge in [0.15, 0.2) is 11.2 Å². The van der Waals surface area contributed by atoms with Crippen molar-refractivity contribution in [1.82, 2.24) is 24.0 Å². The minimum Gasteiger partial charge on any atom is -0.372 e. The molecule has 2 aliphatic heterocycles. The number of aryl methyl sites for hydroxylation is 1. The molecular formula is C20H32ClN7O2. The van der Waals surface area contributed by atoms with E-state index in [4.69, 9.17) is 4.98 Å². The standard InChI is InChI=1S/C20H31N7O2.ClH/c1-24-17-16(18(28)25(2)20(24)29)27(19(23-17)26-12-7-4-8-13-26)14-11-22-15-9-5-3-6-10-21-15;/h3-14H2,1-2H3,(H,21,22);1H. The Morgan fingerprint density at radius 2 is 1.70 bits per heavy atom. The third-order valence-corrected chi connectivity index (χ3v) is 6.01. The molecule has 1 saturated heterocycles. The number of aliphatic imine (C=N–C) groups is 1. The van der Waals surface area contributed by atoms with Crippen molar-refractivity contribution >= 4 is 35.4 Å². The topological polar surface area (TPSA) is 89.4 Å². The van der Waals surface area contributed by atoms with Crippen LogP contribution < -0.4 is 21.5 Å². The Morgan fingerprint density at radius 3 is 2.47 bits per heavy atom. The van der Waals surface area contributed by atoms with Crippen molar-refractivity contribution in [3.05, 3.63) is 20.8 Å². The number of fused-ring (bicyclic) bond motifs is 1. The molecule has 10 heteroatoms. The maximum atomic E-state index is 13.0. The van der Waals surface area contributed by atoms with Gasteiger partial charge in [-0.05, 0) is 32.1 Å². The lowest BCUT2D eigenvalue weighted by Crippen LogP contribution is -2.38. The van der Waals surface area contributed by atoms with E-state index in [1.54, 1.807) is 7.05 Å². The van der Waals surface area contributed by atoms with Crippen molar-refractivity contribution in [2.75, 3.05) is 31.1 Å². The fourth-order valence-electron chi connectivity index (χ4n) is 4.31. The Kier molecular flexibility index (Phi) is 7.23. The van der Waals surface area contributed by atoms with Gasteiger partial charge < -0.3 is 14.8 Å². The molecule has 0 aromatic carbocycles. The van der Waals surface area contributed by atoms with E-state index in [0.717, 1.165) is 57.1 Å². The molecule has 4 rings (SSSR count). The molecule has 0 spiro atoms. The van der Waals surface area contributed by atoms with Gasteiger partial charge >= 0.3 is 5.69 Å². The van der Waals surface area contributed by atoms with Gasteiger partial charge in [-0.3, -0.25) is 18.9 Å². The quantitative estimate of drug-likeness (QED) is 0.781. The van der Waals surface area contributed by atoms with Crippen LogP contribution in [0.2, 0.25) is 0 Å². The molecule has 4 heterocycles. The first-order valence-electron chi connectivity index (χ1n) is 10.8. The Hall–Kier alpha value is -2.29. The fourth-order valence-corrected chi connectivity index (χ4v) is 4.31. The summed E-state index contributed by atoms with van der Waals surface area (Å²) in [4.78, 5) is 37.0. The van der Waals surface area contributed by atoms with Gasteiger partial charge in [0, 0.05) is 53.2 Å². The molecule has 166 valence electrons. The lowest BCUT2D eigenvalue weighted by Gasteiger charge is -2.28. The summed E-state index contributed by atoms with van der Waals surface area (Å²) in [6.45, 7) is 4.03. The summed E-state index contributed by atoms with van der Waals surface area (Å²) in [5, 5.41) is 3.46. The molecule has 30 heavy (non-hydrogen) atoms. The van der Waals surface area contributed by atoms with E-state index in [1.807, 2.05) is 4.57 Å². The number of imidazole rings is 1. The minimum atomic E-state index is -0.344. The molecule has 2 aliphatic rings. The van der Waals surface area contributed by atoms with Crippen molar-refractivity contribution in [2.24, 2.45) is 19.1 Å². The maximum Gasteiger partial charge on any atom is 0.332 e. The number of nitrogens with one attached hydrogen (secondary N) is 1. The average molecular weight is 438 g/mol. The van der Waals surface area contributed by atoms with Crippen LogP contribution in [0, 0.1) is 0 Å². The first-order chi connectivity index (χ1) is 14.1. The van der Waals surface area contributed by atoms with Gasteiger partial charge in [0.2, 0.25) is 5.95 Å². The van der Waals surface area contributed by atoms with Crippen LogP contribution in [0.3, 0.4) is 0 Å². The highest BCUT2D eigenvalue weighted by Crippen LogP contribution is 2.22. The molecule has 0 saturated carbocycles. The van der Waals surface area contributed by atoms with Crippen LogP contribution in [-0.4, -0.2) is 50.7 Å². The highest BCUT2D eigenvalue weighted by Gasteiger charge is 2.23. The lowest BCUT2D eigenvalue weighted by molar-refractivity contribution is 0.553. The predicted molar refractivity (Wildman–Crippen MR) is 122 cm³/mol. The monoisotopic (exact) mass is 437 g/mol. The van der Waals surface area contributed by atoms with Crippen molar-refractivity contribution in [3.8, 4) is 0 Å². The van der Waals surface area contributed by atoms with Crippen LogP contribution in [0.1, 0.15) is 44.9 Å². The van der Waals surface area contributed by atoms with Gasteiger partial charge in [-0.1, -0.05) is 6.42 Å². The van der Waals surface area contributed by atoms with Crippen molar-refractivity contribution in [2.45, 2.75) is 51.5 Å². The number of aromatic nitrogens is 4. The zero-order valence-electron chi connectivity index (χ0n) is 17.9. The van der Waals surface area contributed by atoms with Gasteiger partial charge in [-0.2, -0.15) is 4.98 Å². The van der Waals surface area contributed by atoms with Gasteiger partial charge in [0.25, 0.3) is 5.56 Å². The largest absolute Gasteiger partial charge is 0.372 e. The number of halogens is 1. The first kappa shape index (κ1) is 22.4. The van der Waals surface area contributed by atoms with Gasteiger partial charge in [0.1, 0.15) is 0 Å². The van der Waals surface area contributed by atoms with E-state index in [-0.39, 0.29) is 23.7 Å². The molecule has 9 nitrogen and oxygen atoms in total. The molecule has 1 fully saturated rings. The van der Waals surface area contributed by atoms with Gasteiger partial charge in [-0.25, -0.2) is 4.79 Å². The van der Waals surface area contributed by atoms with E-state index in [1.165, 1.54) is 35.4 Å². The molecule has 2 aromatic rings. The summed E-state index contributed by atoms with van der Waals surface area (Å²) in [6.07, 6.45) is 7.99. The van der Waals surface area contributed by atoms with Gasteiger partial charge in [0.05, 0.1) is 5.84 Å². The number of piperidine rings is 1. The Bertz CT molecular complexity index is 1030. The van der Waals surface area contributed by atoms with Crippen LogP contribution in [-0.2, 0) is 20.6 Å². The maximum absolute atomic E-state index is 13.0. The molecule has 0 bridgehead atoms. The second-order valence-electron chi connectivity index (χ2n) is 8.05. The number of nitrogens with zero attached hydrogens (tertiary/aromatic N) is 6. The second kappa shape index (κ2) is 9.68. The Balaban J connectivity index is 0.00000256. The number of anilines is 1. The van der Waals surface area contributed by atoms with E-state index in [2.05, 4.69) is 15.2 Å². The van der Waals surface area contributed by atoms with E-state index >= 15 is 0 Å². The minimum absolute atomic E-state index is 0. The highest BCUT2D eigenvalue weighted by molar-refractivity contribution is 5.85. The van der Waals surface area contributed by atoms with Gasteiger partial charge in [-0.15, -0.1) is 12.4 Å². The van der Waals surface area contributed by atoms with Crippen LogP contribution >= 0.6 is 12.4 Å². The summed E-state index contributed by atoms with van der Waals surface area (Å²) in [5.41, 5.74) is 0.333. The zero-order chi connectivity index (χ0) is 20.4. The zero-order valence-corrected chi connectivity index (χ0v) is 18.7. The normalized spacial score (nSPS) is 17.4. The van der Waals surface area contributed by atoms with Crippen LogP contribution in [0.4, 0.5) is 5.95 Å². The van der Waals surface area contributed by atoms with Crippen LogP contribution in [0.25, 0.3) is 11.2 Å². The van der Waals surface area contributed by atoms with E-state index in [0.29, 0.717) is 24.3 Å². The lowest BCUT2D eigenvalue weighted by atomic mass is 10.1. The second-order valence-corrected chi connectivity index (χ2v) is 8.05. The highest BCUT2D eigenvalue weighted by atomic mass is 35.5. The SMILES string of the molecule is Cl.Cn1c(=O)c2c(nc(N3CCCCC3)n2CCNC2=NCCCCC2)n(C)c1=O. The third kappa shape index (κ3) is 4.26. The molecule has 1 N–H and O–H groups in total. The summed E-state index contributed by atoms with van der Waals surface area (Å²) >= 11 is 0. The van der Waals surface area contributed by atoms with Crippen molar-refractivity contribution in [3.63, 3.8) is 0 Å². The predicted octanol–water partition coefficient (Wildman–Crippen LogP) is 1.41. The fraction of sp³-hybridized carbons (Fsp3) is 0.700. The van der Waals surface area contributed by atoms with E-state index in [9.17, 15) is 9.59 Å². The number of hydrogen-bond acceptors (Lipinski definition) is 6. The molecule has 2 aromatic heterocycles. The summed E-state index contributed by atoms with van der Waals surface area (Å²) in [7, 11) is 3.21. The molecule has 0 amide bonds. The Labute approximate surface area is 182 Å². The smallest absolute Gasteiger partial charge is 0.332 e. The van der Waals surface area contributed by atoms with E-state index < -0.39 is 0 Å². The molecule has 0 radical (unpaired) electrons. The third-order valence-electron chi connectivity index (χ3n) is 6.01.